The highest BCUT2D eigenvalue weighted by Gasteiger charge is 2.32. The van der Waals surface area contributed by atoms with E-state index < -0.39 is 24.8 Å². The molecule has 0 saturated carbocycles. The van der Waals surface area contributed by atoms with Crippen molar-refractivity contribution in [1.29, 1.82) is 0 Å². The van der Waals surface area contributed by atoms with Gasteiger partial charge in [0.15, 0.2) is 5.78 Å². The largest absolute Gasteiger partial charge is 0.524 e. The van der Waals surface area contributed by atoms with Crippen LogP contribution < -0.4 is 5.73 Å². The second-order valence-corrected chi connectivity index (χ2v) is 3.60. The zero-order valence-corrected chi connectivity index (χ0v) is 9.12. The monoisotopic (exact) mass is 247 g/mol. The molecule has 0 amide bonds. The summed E-state index contributed by atoms with van der Waals surface area (Å²) in [5.74, 6) is -0.484. The van der Waals surface area contributed by atoms with E-state index in [-0.39, 0.29) is 0 Å². The lowest BCUT2D eigenvalue weighted by molar-refractivity contribution is -0.341. The Bertz CT molecular complexity index is 387. The van der Waals surface area contributed by atoms with Crippen LogP contribution in [-0.2, 0) is 4.74 Å². The van der Waals surface area contributed by atoms with E-state index in [1.165, 1.54) is 12.1 Å². The van der Waals surface area contributed by atoms with Gasteiger partial charge in [-0.15, -0.1) is 13.2 Å². The molecule has 0 aliphatic carbocycles. The maximum absolute atomic E-state index is 11.8. The number of halogens is 3. The van der Waals surface area contributed by atoms with Gasteiger partial charge >= 0.3 is 6.36 Å². The Morgan fingerprint density at radius 3 is 2.35 bits per heavy atom. The Morgan fingerprint density at radius 2 is 1.88 bits per heavy atom. The zero-order valence-electron chi connectivity index (χ0n) is 9.12. The summed E-state index contributed by atoms with van der Waals surface area (Å²) in [5.41, 5.74) is 6.34. The lowest BCUT2D eigenvalue weighted by Crippen LogP contribution is -2.33. The first kappa shape index (κ1) is 13.7. The number of benzene rings is 1. The van der Waals surface area contributed by atoms with Crippen molar-refractivity contribution in [3.63, 3.8) is 0 Å². The van der Waals surface area contributed by atoms with E-state index in [2.05, 4.69) is 4.74 Å². The molecule has 0 spiro atoms. The van der Waals surface area contributed by atoms with Crippen LogP contribution in [0.2, 0.25) is 0 Å². The van der Waals surface area contributed by atoms with Gasteiger partial charge in [-0.2, -0.15) is 0 Å². The second kappa shape index (κ2) is 5.29. The highest BCUT2D eigenvalue weighted by Crippen LogP contribution is 2.19. The number of nitrogens with two attached hydrogens (primary N) is 1. The first-order valence-corrected chi connectivity index (χ1v) is 4.88. The third-order valence-corrected chi connectivity index (χ3v) is 2.05. The smallest absolute Gasteiger partial charge is 0.305 e. The molecular formula is C11H12F3NO2. The number of alkyl halides is 3. The van der Waals surface area contributed by atoms with Gasteiger partial charge in [0.1, 0.15) is 6.23 Å². The van der Waals surface area contributed by atoms with Crippen molar-refractivity contribution in [3.05, 3.63) is 35.4 Å². The Hall–Kier alpha value is -1.40. The van der Waals surface area contributed by atoms with Crippen molar-refractivity contribution in [1.82, 2.24) is 0 Å². The van der Waals surface area contributed by atoms with Crippen molar-refractivity contribution < 1.29 is 22.7 Å². The molecule has 94 valence electrons. The summed E-state index contributed by atoms with van der Waals surface area (Å²) in [6.07, 6.45) is -7.01. The molecule has 1 aromatic carbocycles. The lowest BCUT2D eigenvalue weighted by atomic mass is 10.1. The number of hydrogen-bond donors (Lipinski definition) is 1. The minimum Gasteiger partial charge on any atom is -0.305 e. The van der Waals surface area contributed by atoms with Crippen LogP contribution in [0.25, 0.3) is 0 Å². The van der Waals surface area contributed by atoms with Gasteiger partial charge in [0, 0.05) is 5.56 Å². The fourth-order valence-electron chi connectivity index (χ4n) is 1.25. The summed E-state index contributed by atoms with van der Waals surface area (Å²) >= 11 is 0. The third-order valence-electron chi connectivity index (χ3n) is 2.05. The molecule has 1 atom stereocenters. The maximum atomic E-state index is 11.8. The van der Waals surface area contributed by atoms with E-state index in [1.54, 1.807) is 12.1 Å². The van der Waals surface area contributed by atoms with Crippen LogP contribution in [0.15, 0.2) is 24.3 Å². The molecule has 1 aromatic rings. The number of hydrogen-bond acceptors (Lipinski definition) is 3. The van der Waals surface area contributed by atoms with Gasteiger partial charge in [-0.1, -0.05) is 29.8 Å². The number of carbonyl (C=O) groups excluding carboxylic acids is 1. The summed E-state index contributed by atoms with van der Waals surface area (Å²) in [4.78, 5) is 11.5. The Morgan fingerprint density at radius 1 is 1.35 bits per heavy atom. The fourth-order valence-corrected chi connectivity index (χ4v) is 1.25. The normalized spacial score (nSPS) is 13.5. The predicted octanol–water partition coefficient (Wildman–Crippen LogP) is 2.39. The Labute approximate surface area is 96.4 Å². The van der Waals surface area contributed by atoms with Crippen molar-refractivity contribution in [2.75, 3.05) is 0 Å². The number of rotatable bonds is 4. The van der Waals surface area contributed by atoms with Gasteiger partial charge in [-0.25, -0.2) is 0 Å². The molecule has 2 N–H and O–H groups in total. The standard InChI is InChI=1S/C11H12F3NO2/c1-7-2-4-8(5-3-7)9(16)6-10(15)17-11(12,13)14/h2-5,10H,6,15H2,1H3/t10-/m0/s1. The molecule has 0 radical (unpaired) electrons. The van der Waals surface area contributed by atoms with Gasteiger partial charge in [0.25, 0.3) is 0 Å². The van der Waals surface area contributed by atoms with Crippen LogP contribution >= 0.6 is 0 Å². The first-order valence-electron chi connectivity index (χ1n) is 4.88. The Balaban J connectivity index is 2.57. The quantitative estimate of drug-likeness (QED) is 0.656. The summed E-state index contributed by atoms with van der Waals surface area (Å²) in [7, 11) is 0. The molecule has 6 heteroatoms. The molecule has 0 aliphatic heterocycles. The maximum Gasteiger partial charge on any atom is 0.524 e. The van der Waals surface area contributed by atoms with Crippen molar-refractivity contribution in [2.24, 2.45) is 5.73 Å². The van der Waals surface area contributed by atoms with Gasteiger partial charge in [0.2, 0.25) is 0 Å². The minimum atomic E-state index is -4.83. The molecule has 0 fully saturated rings. The number of aryl methyl sites for hydroxylation is 1. The fraction of sp³-hybridized carbons (Fsp3) is 0.364. The molecule has 0 unspecified atom stereocenters. The van der Waals surface area contributed by atoms with Gasteiger partial charge in [-0.05, 0) is 6.92 Å². The zero-order chi connectivity index (χ0) is 13.1. The van der Waals surface area contributed by atoms with E-state index in [0.717, 1.165) is 5.56 Å². The average Bonchev–Trinajstić information content (AvgIpc) is 2.15. The van der Waals surface area contributed by atoms with Crippen LogP contribution in [0, 0.1) is 6.92 Å². The topological polar surface area (TPSA) is 52.3 Å². The average molecular weight is 247 g/mol. The van der Waals surface area contributed by atoms with Gasteiger partial charge in [0.05, 0.1) is 6.42 Å². The predicted molar refractivity (Wildman–Crippen MR) is 55.2 cm³/mol. The number of carbonyl (C=O) groups is 1. The summed E-state index contributed by atoms with van der Waals surface area (Å²) in [5, 5.41) is 0. The first-order chi connectivity index (χ1) is 7.78. The van der Waals surface area contributed by atoms with Crippen molar-refractivity contribution >= 4 is 5.78 Å². The van der Waals surface area contributed by atoms with E-state index in [1.807, 2.05) is 6.92 Å². The van der Waals surface area contributed by atoms with Crippen LogP contribution in [0.3, 0.4) is 0 Å². The van der Waals surface area contributed by atoms with E-state index in [9.17, 15) is 18.0 Å². The Kier molecular flexibility index (Phi) is 4.25. The highest BCUT2D eigenvalue weighted by molar-refractivity contribution is 5.96. The second-order valence-electron chi connectivity index (χ2n) is 3.60. The highest BCUT2D eigenvalue weighted by atomic mass is 19.4. The van der Waals surface area contributed by atoms with E-state index >= 15 is 0 Å². The minimum absolute atomic E-state index is 0.317. The SMILES string of the molecule is Cc1ccc(C(=O)C[C@@H](N)OC(F)(F)F)cc1. The summed E-state index contributed by atoms with van der Waals surface area (Å²) < 4.78 is 38.9. The van der Waals surface area contributed by atoms with Crippen molar-refractivity contribution in [3.8, 4) is 0 Å². The third kappa shape index (κ3) is 4.97. The summed E-state index contributed by atoms with van der Waals surface area (Å²) in [6.45, 7) is 1.84. The molecular weight excluding hydrogens is 235 g/mol. The van der Waals surface area contributed by atoms with Crippen LogP contribution in [-0.4, -0.2) is 18.4 Å². The molecule has 0 saturated heterocycles. The lowest BCUT2D eigenvalue weighted by Gasteiger charge is -2.14. The number of ketones is 1. The van der Waals surface area contributed by atoms with E-state index in [4.69, 9.17) is 5.73 Å². The molecule has 17 heavy (non-hydrogen) atoms. The molecule has 0 bridgehead atoms. The number of ether oxygens (including phenoxy) is 1. The van der Waals surface area contributed by atoms with Gasteiger partial charge < -0.3 is 5.73 Å². The van der Waals surface area contributed by atoms with Crippen LogP contribution in [0.1, 0.15) is 22.3 Å². The molecule has 0 aliphatic rings. The molecule has 3 nitrogen and oxygen atoms in total. The van der Waals surface area contributed by atoms with E-state index in [0.29, 0.717) is 5.56 Å². The van der Waals surface area contributed by atoms with Crippen LogP contribution in [0.4, 0.5) is 13.2 Å². The molecule has 0 heterocycles. The summed E-state index contributed by atoms with van der Waals surface area (Å²) in [6, 6.07) is 6.47. The van der Waals surface area contributed by atoms with Crippen LogP contribution in [0.5, 0.6) is 0 Å². The molecule has 0 aromatic heterocycles. The van der Waals surface area contributed by atoms with Crippen molar-refractivity contribution in [2.45, 2.75) is 25.9 Å². The number of Topliss-reactive ketones (excluding diaryl/α,β-unsaturated/α-hetero) is 1. The van der Waals surface area contributed by atoms with Gasteiger partial charge in [-0.3, -0.25) is 9.53 Å². The molecule has 1 rings (SSSR count).